The average Bonchev–Trinajstić information content (AvgIpc) is 2.90. The number of amides is 1. The van der Waals surface area contributed by atoms with Crippen LogP contribution in [0.2, 0.25) is 0 Å². The number of benzene rings is 1. The molecule has 2 aromatic rings. The van der Waals surface area contributed by atoms with Crippen molar-refractivity contribution in [2.75, 3.05) is 13.6 Å². The van der Waals surface area contributed by atoms with E-state index in [1.54, 1.807) is 24.1 Å². The second kappa shape index (κ2) is 6.89. The van der Waals surface area contributed by atoms with E-state index in [0.717, 1.165) is 29.8 Å². The minimum Gasteiger partial charge on any atom is -0.336 e. The molecule has 1 aromatic heterocycles. The Bertz CT molecular complexity index is 673. The number of H-pyrrole nitrogens is 1. The van der Waals surface area contributed by atoms with Crippen molar-refractivity contribution in [1.82, 2.24) is 20.4 Å². The zero-order chi connectivity index (χ0) is 14.8. The summed E-state index contributed by atoms with van der Waals surface area (Å²) in [6.45, 7) is 1.90. The summed E-state index contributed by atoms with van der Waals surface area (Å²) >= 11 is 0. The summed E-state index contributed by atoms with van der Waals surface area (Å²) in [4.78, 5) is 14.0. The van der Waals surface area contributed by atoms with Gasteiger partial charge >= 0.3 is 0 Å². The van der Waals surface area contributed by atoms with Gasteiger partial charge in [-0.2, -0.15) is 5.10 Å². The van der Waals surface area contributed by atoms with E-state index in [2.05, 4.69) is 15.5 Å². The summed E-state index contributed by atoms with van der Waals surface area (Å²) in [5, 5.41) is 10.3. The first-order valence-electron chi connectivity index (χ1n) is 6.92. The van der Waals surface area contributed by atoms with Gasteiger partial charge in [-0.05, 0) is 17.7 Å². The van der Waals surface area contributed by atoms with Gasteiger partial charge in [0.15, 0.2) is 5.69 Å². The van der Waals surface area contributed by atoms with E-state index in [1.165, 1.54) is 12.1 Å². The fourth-order valence-corrected chi connectivity index (χ4v) is 2.56. The third kappa shape index (κ3) is 3.28. The molecule has 7 heteroatoms. The molecular formula is C15H18ClFN4O. The second-order valence-corrected chi connectivity index (χ2v) is 5.25. The maximum absolute atomic E-state index is 13.2. The Morgan fingerprint density at radius 2 is 2.27 bits per heavy atom. The van der Waals surface area contributed by atoms with Crippen LogP contribution in [0.1, 0.15) is 27.3 Å². The van der Waals surface area contributed by atoms with Gasteiger partial charge in [-0.3, -0.25) is 9.89 Å². The summed E-state index contributed by atoms with van der Waals surface area (Å²) in [7, 11) is 1.70. The Labute approximate surface area is 134 Å². The Morgan fingerprint density at radius 1 is 1.45 bits per heavy atom. The van der Waals surface area contributed by atoms with E-state index in [-0.39, 0.29) is 24.1 Å². The van der Waals surface area contributed by atoms with Crippen molar-refractivity contribution in [3.8, 4) is 0 Å². The molecule has 1 amide bonds. The lowest BCUT2D eigenvalue weighted by molar-refractivity contribution is 0.0777. The molecule has 0 saturated heterocycles. The maximum atomic E-state index is 13.2. The molecule has 0 radical (unpaired) electrons. The molecule has 5 nitrogen and oxygen atoms in total. The first-order chi connectivity index (χ1) is 10.1. The van der Waals surface area contributed by atoms with Crippen LogP contribution in [0.5, 0.6) is 0 Å². The Hall–Kier alpha value is -1.92. The van der Waals surface area contributed by atoms with Gasteiger partial charge in [-0.1, -0.05) is 12.1 Å². The Kier molecular flexibility index (Phi) is 5.15. The van der Waals surface area contributed by atoms with Crippen LogP contribution in [0.4, 0.5) is 4.39 Å². The van der Waals surface area contributed by atoms with Gasteiger partial charge in [0.1, 0.15) is 5.82 Å². The van der Waals surface area contributed by atoms with Gasteiger partial charge in [0, 0.05) is 44.4 Å². The van der Waals surface area contributed by atoms with Crippen molar-refractivity contribution >= 4 is 18.3 Å². The zero-order valence-electron chi connectivity index (χ0n) is 12.2. The molecular weight excluding hydrogens is 307 g/mol. The topological polar surface area (TPSA) is 61.0 Å². The quantitative estimate of drug-likeness (QED) is 0.906. The van der Waals surface area contributed by atoms with Gasteiger partial charge in [0.05, 0.1) is 0 Å². The van der Waals surface area contributed by atoms with Gasteiger partial charge in [-0.25, -0.2) is 4.39 Å². The summed E-state index contributed by atoms with van der Waals surface area (Å²) in [5.41, 5.74) is 3.18. The van der Waals surface area contributed by atoms with Crippen LogP contribution in [0.15, 0.2) is 24.3 Å². The fraction of sp³-hybridized carbons (Fsp3) is 0.333. The molecule has 0 fully saturated rings. The number of carbonyl (C=O) groups is 1. The van der Waals surface area contributed by atoms with Crippen LogP contribution in [-0.4, -0.2) is 34.6 Å². The number of halogens is 2. The number of nitrogens with one attached hydrogen (secondary N) is 2. The minimum absolute atomic E-state index is 0. The number of hydrogen-bond acceptors (Lipinski definition) is 3. The zero-order valence-corrected chi connectivity index (χ0v) is 13.0. The largest absolute Gasteiger partial charge is 0.336 e. The van der Waals surface area contributed by atoms with Crippen molar-refractivity contribution in [1.29, 1.82) is 0 Å². The van der Waals surface area contributed by atoms with E-state index in [4.69, 9.17) is 0 Å². The molecule has 1 aliphatic heterocycles. The number of fused-ring (bicyclic) bond motifs is 1. The van der Waals surface area contributed by atoms with E-state index in [0.29, 0.717) is 18.8 Å². The molecule has 0 saturated carbocycles. The summed E-state index contributed by atoms with van der Waals surface area (Å²) < 4.78 is 13.2. The summed E-state index contributed by atoms with van der Waals surface area (Å²) in [5.74, 6) is -0.449. The first-order valence-corrected chi connectivity index (χ1v) is 6.92. The maximum Gasteiger partial charge on any atom is 0.274 e. The van der Waals surface area contributed by atoms with Gasteiger partial charge < -0.3 is 10.2 Å². The van der Waals surface area contributed by atoms with E-state index in [9.17, 15) is 9.18 Å². The first kappa shape index (κ1) is 16.5. The van der Waals surface area contributed by atoms with Crippen LogP contribution >= 0.6 is 12.4 Å². The van der Waals surface area contributed by atoms with Gasteiger partial charge in [-0.15, -0.1) is 12.4 Å². The smallest absolute Gasteiger partial charge is 0.274 e. The van der Waals surface area contributed by atoms with Crippen LogP contribution in [0, 0.1) is 5.82 Å². The number of nitrogens with zero attached hydrogens (tertiary/aromatic N) is 2. The van der Waals surface area contributed by atoms with Crippen LogP contribution in [0.25, 0.3) is 0 Å². The summed E-state index contributed by atoms with van der Waals surface area (Å²) in [6, 6.07) is 6.27. The molecule has 1 aromatic carbocycles. The van der Waals surface area contributed by atoms with Gasteiger partial charge in [0.25, 0.3) is 5.91 Å². The molecule has 118 valence electrons. The molecule has 3 rings (SSSR count). The number of aromatic nitrogens is 2. The van der Waals surface area contributed by atoms with Crippen LogP contribution in [-0.2, 0) is 19.5 Å². The molecule has 0 bridgehead atoms. The third-order valence-corrected chi connectivity index (χ3v) is 3.66. The molecule has 0 unspecified atom stereocenters. The minimum atomic E-state index is -0.297. The normalized spacial score (nSPS) is 13.2. The van der Waals surface area contributed by atoms with Crippen molar-refractivity contribution in [3.63, 3.8) is 0 Å². The molecule has 0 spiro atoms. The molecule has 22 heavy (non-hydrogen) atoms. The van der Waals surface area contributed by atoms with Crippen LogP contribution in [0.3, 0.4) is 0 Å². The predicted molar refractivity (Wildman–Crippen MR) is 83.4 cm³/mol. The highest BCUT2D eigenvalue weighted by Crippen LogP contribution is 2.17. The second-order valence-electron chi connectivity index (χ2n) is 5.25. The highest BCUT2D eigenvalue weighted by atomic mass is 35.5. The highest BCUT2D eigenvalue weighted by molar-refractivity contribution is 5.93. The molecule has 1 aliphatic rings. The van der Waals surface area contributed by atoms with Crippen molar-refractivity contribution < 1.29 is 9.18 Å². The monoisotopic (exact) mass is 324 g/mol. The van der Waals surface area contributed by atoms with Crippen molar-refractivity contribution in [3.05, 3.63) is 52.6 Å². The molecule has 2 heterocycles. The lowest BCUT2D eigenvalue weighted by atomic mass is 10.1. The predicted octanol–water partition coefficient (Wildman–Crippen LogP) is 1.89. The standard InChI is InChI=1S/C15H17FN4O.ClH/c1-20(9-10-3-2-4-11(16)7-10)15(21)14-12-8-17-6-5-13(12)18-19-14;/h2-4,7,17H,5-6,8-9H2,1H3,(H,18,19);1H. The van der Waals surface area contributed by atoms with E-state index >= 15 is 0 Å². The fourth-order valence-electron chi connectivity index (χ4n) is 2.56. The van der Waals surface area contributed by atoms with Crippen molar-refractivity contribution in [2.45, 2.75) is 19.5 Å². The summed E-state index contributed by atoms with van der Waals surface area (Å²) in [6.07, 6.45) is 0.850. The Balaban J connectivity index is 0.00000176. The van der Waals surface area contributed by atoms with E-state index in [1.807, 2.05) is 0 Å². The number of aromatic amines is 1. The number of hydrogen-bond donors (Lipinski definition) is 2. The number of rotatable bonds is 3. The Morgan fingerprint density at radius 3 is 3.05 bits per heavy atom. The lowest BCUT2D eigenvalue weighted by Crippen LogP contribution is -2.30. The van der Waals surface area contributed by atoms with Crippen molar-refractivity contribution in [2.24, 2.45) is 0 Å². The molecule has 0 atom stereocenters. The average molecular weight is 325 g/mol. The van der Waals surface area contributed by atoms with Crippen LogP contribution < -0.4 is 5.32 Å². The molecule has 0 aliphatic carbocycles. The van der Waals surface area contributed by atoms with E-state index < -0.39 is 0 Å². The SMILES string of the molecule is CN(Cc1cccc(F)c1)C(=O)c1n[nH]c2c1CNCC2.Cl. The lowest BCUT2D eigenvalue weighted by Gasteiger charge is -2.18. The third-order valence-electron chi connectivity index (χ3n) is 3.66. The van der Waals surface area contributed by atoms with Gasteiger partial charge in [0.2, 0.25) is 0 Å². The highest BCUT2D eigenvalue weighted by Gasteiger charge is 2.23. The number of carbonyl (C=O) groups excluding carboxylic acids is 1. The molecule has 2 N–H and O–H groups in total.